The molecule has 0 spiro atoms. The van der Waals surface area contributed by atoms with Crippen molar-refractivity contribution in [1.82, 2.24) is 0 Å². The zero-order valence-electron chi connectivity index (χ0n) is 10.0. The van der Waals surface area contributed by atoms with Crippen LogP contribution in [0, 0.1) is 13.8 Å². The summed E-state index contributed by atoms with van der Waals surface area (Å²) in [4.78, 5) is 0. The first-order valence-electron chi connectivity index (χ1n) is 4.67. The van der Waals surface area contributed by atoms with E-state index in [4.69, 9.17) is 0 Å². The molecule has 0 bridgehead atoms. The Morgan fingerprint density at radius 3 is 1.46 bits per heavy atom. The van der Waals surface area contributed by atoms with E-state index in [1.54, 1.807) is 0 Å². The van der Waals surface area contributed by atoms with Crippen LogP contribution in [0.15, 0.2) is 24.3 Å². The summed E-state index contributed by atoms with van der Waals surface area (Å²) in [7, 11) is 0. The number of aryl methyl sites for hydroxylation is 1. The van der Waals surface area contributed by atoms with Gasteiger partial charge in [-0.25, -0.2) is 0 Å². The Hall–Kier alpha value is 7.27. The predicted molar refractivity (Wildman–Crippen MR) is 58.7 cm³/mol. The van der Waals surface area contributed by atoms with Crippen LogP contribution in [0.4, 0.5) is 0 Å². The minimum atomic E-state index is 0. The molecule has 5 heteroatoms. The number of hydrogen-bond donors (Lipinski definition) is 0. The van der Waals surface area contributed by atoms with Gasteiger partial charge in [0.2, 0.25) is 0 Å². The van der Waals surface area contributed by atoms with E-state index in [9.17, 15) is 0 Å². The van der Waals surface area contributed by atoms with E-state index in [1.807, 2.05) is 12.1 Å². The summed E-state index contributed by atoms with van der Waals surface area (Å²) < 4.78 is 0. The molecule has 1 aromatic carbocycles. The van der Waals surface area contributed by atoms with E-state index in [0.29, 0.717) is 0 Å². The maximum absolute atomic E-state index is 3.76. The van der Waals surface area contributed by atoms with E-state index in [-0.39, 0.29) is 51.4 Å². The van der Waals surface area contributed by atoms with Crippen LogP contribution in [-0.2, 0) is 0 Å². The van der Waals surface area contributed by atoms with Gasteiger partial charge < -0.3 is 0 Å². The summed E-state index contributed by atoms with van der Waals surface area (Å²) in [5.41, 5.74) is 2.37. The van der Waals surface area contributed by atoms with Crippen molar-refractivity contribution in [2.45, 2.75) is 6.92 Å². The Balaban J connectivity index is -0.000000178. The number of rotatable bonds is 0. The van der Waals surface area contributed by atoms with Crippen LogP contribution in [0.5, 0.6) is 0 Å². The molecule has 0 unspecified atom stereocenters. The molecular weight excluding hydrogens is 292 g/mol. The first-order valence-corrected chi connectivity index (χ1v) is 36.7. The van der Waals surface area contributed by atoms with Gasteiger partial charge in [0.05, 0.1) is 0 Å². The second-order valence-electron chi connectivity index (χ2n) is 1.99. The summed E-state index contributed by atoms with van der Waals surface area (Å²) in [6.45, 7) is 5.83. The molecule has 0 aliphatic carbocycles. The van der Waals surface area contributed by atoms with Gasteiger partial charge in [-0.15, -0.1) is 12.1 Å². The quantitative estimate of drug-likeness (QED) is 0.372. The standard InChI is InChI=1S/C8H9.5K/c1-7-3-5-8(2)6-4-7;;;;;/h3-6H,1H2,2H3;;;;;/q-1;;;;;+1. The van der Waals surface area contributed by atoms with Crippen molar-refractivity contribution >= 4 is 126 Å². The van der Waals surface area contributed by atoms with Crippen LogP contribution in [0.1, 0.15) is 11.1 Å². The molecule has 0 aromatic heterocycles. The zero-order chi connectivity index (χ0) is 9.98. The van der Waals surface area contributed by atoms with Gasteiger partial charge in [-0.2, -0.15) is 24.6 Å². The van der Waals surface area contributed by atoms with Gasteiger partial charge in [0.25, 0.3) is 0 Å². The van der Waals surface area contributed by atoms with E-state index >= 15 is 0 Å². The Morgan fingerprint density at radius 1 is 0.923 bits per heavy atom. The Kier molecular flexibility index (Phi) is 41.9. The Morgan fingerprint density at radius 2 is 1.23 bits per heavy atom. The van der Waals surface area contributed by atoms with Gasteiger partial charge >= 0.3 is 178 Å². The molecule has 0 nitrogen and oxygen atoms in total. The third kappa shape index (κ3) is 19.3. The van der Waals surface area contributed by atoms with Gasteiger partial charge in [-0.3, -0.25) is 0 Å². The predicted octanol–water partition coefficient (Wildman–Crippen LogP) is -2.34. The summed E-state index contributed by atoms with van der Waals surface area (Å²) >= 11 is 5.00. The van der Waals surface area contributed by atoms with Crippen LogP contribution < -0.4 is 51.4 Å². The van der Waals surface area contributed by atoms with Crippen molar-refractivity contribution in [2.24, 2.45) is 0 Å². The molecule has 13 heavy (non-hydrogen) atoms. The molecule has 0 saturated heterocycles. The first-order chi connectivity index (χ1) is 5.79. The normalized spacial score (nSPS) is 6.85. The van der Waals surface area contributed by atoms with Crippen LogP contribution in [0.2, 0.25) is 0 Å². The average molecular weight is 301 g/mol. The molecule has 0 aliphatic heterocycles. The molecule has 0 radical (unpaired) electrons. The van der Waals surface area contributed by atoms with Crippen molar-refractivity contribution in [3.8, 4) is 0 Å². The van der Waals surface area contributed by atoms with Crippen LogP contribution in [0.3, 0.4) is 0 Å². The molecule has 46 valence electrons. The van der Waals surface area contributed by atoms with Gasteiger partial charge in [-0.1, -0.05) is 5.56 Å². The van der Waals surface area contributed by atoms with Crippen molar-refractivity contribution < 1.29 is 51.4 Å². The monoisotopic (exact) mass is 300 g/mol. The van der Waals surface area contributed by atoms with Crippen molar-refractivity contribution in [3.63, 3.8) is 0 Å². The third-order valence-corrected chi connectivity index (χ3v) is 1.12. The van der Waals surface area contributed by atoms with Crippen molar-refractivity contribution in [3.05, 3.63) is 42.3 Å². The molecule has 0 amide bonds. The van der Waals surface area contributed by atoms with E-state index < -0.39 is 0 Å². The summed E-state index contributed by atoms with van der Waals surface area (Å²) in [6.07, 6.45) is 0. The van der Waals surface area contributed by atoms with Crippen LogP contribution >= 0.6 is 0 Å². The van der Waals surface area contributed by atoms with Gasteiger partial charge in [-0.05, 0) is 6.92 Å². The second kappa shape index (κ2) is 21.6. The fraction of sp³-hybridized carbons (Fsp3) is 0.125. The molecule has 0 saturated carbocycles. The summed E-state index contributed by atoms with van der Waals surface area (Å²) in [5.74, 6) is 0. The third-order valence-electron chi connectivity index (χ3n) is 1.12. The number of benzene rings is 1. The Labute approximate surface area is 216 Å². The van der Waals surface area contributed by atoms with Crippen molar-refractivity contribution in [1.29, 1.82) is 0 Å². The molecule has 1 rings (SSSR count). The number of hydrogen-bond acceptors (Lipinski definition) is 0. The van der Waals surface area contributed by atoms with Crippen LogP contribution in [0.25, 0.3) is 0 Å². The zero-order valence-corrected chi connectivity index (χ0v) is 25.6. The Bertz CT molecular complexity index is 151. The van der Waals surface area contributed by atoms with Crippen LogP contribution in [-0.4, -0.2) is 126 Å². The fourth-order valence-electron chi connectivity index (χ4n) is 0.588. The molecule has 0 fully saturated rings. The second-order valence-corrected chi connectivity index (χ2v) is 1.99. The summed E-state index contributed by atoms with van der Waals surface area (Å²) in [5, 5.41) is 0. The van der Waals surface area contributed by atoms with Gasteiger partial charge in [0.15, 0.2) is 0 Å². The molecular formula is C8H9K5. The van der Waals surface area contributed by atoms with Gasteiger partial charge in [0.1, 0.15) is 0 Å². The molecule has 1 aromatic rings. The van der Waals surface area contributed by atoms with E-state index in [0.717, 1.165) is 5.56 Å². The SMILES string of the molecule is [CH2-]c1ccc(C)cc1.[K+].[K][K].[K][K]. The first kappa shape index (κ1) is 25.2. The molecule has 0 aliphatic rings. The molecule has 0 N–H and O–H groups in total. The molecule has 0 heterocycles. The fourth-order valence-corrected chi connectivity index (χ4v) is 0.588. The van der Waals surface area contributed by atoms with Gasteiger partial charge in [0, 0.05) is 0 Å². The average Bonchev–Trinajstić information content (AvgIpc) is 2.17. The van der Waals surface area contributed by atoms with Crippen molar-refractivity contribution in [2.75, 3.05) is 0 Å². The minimum absolute atomic E-state index is 0. The summed E-state index contributed by atoms with van der Waals surface area (Å²) in [6, 6.07) is 8.13. The van der Waals surface area contributed by atoms with E-state index in [1.165, 1.54) is 132 Å². The molecule has 0 atom stereocenters. The van der Waals surface area contributed by atoms with E-state index in [2.05, 4.69) is 26.0 Å². The maximum atomic E-state index is 3.76. The topological polar surface area (TPSA) is 0 Å².